The number of hydrogen-bond acceptors (Lipinski definition) is 4. The van der Waals surface area contributed by atoms with Gasteiger partial charge in [-0.3, -0.25) is 0 Å². The Labute approximate surface area is 167 Å². The van der Waals surface area contributed by atoms with Gasteiger partial charge in [0.15, 0.2) is 0 Å². The number of amides is 1. The zero-order valence-electron chi connectivity index (χ0n) is 17.2. The largest absolute Gasteiger partial charge is 0.444 e. The van der Waals surface area contributed by atoms with Crippen molar-refractivity contribution in [2.75, 3.05) is 18.1 Å². The molecule has 1 unspecified atom stereocenters. The van der Waals surface area contributed by atoms with Crippen LogP contribution in [0.2, 0.25) is 0 Å². The molecular weight excluding hydrogens is 352 g/mol. The van der Waals surface area contributed by atoms with Crippen LogP contribution in [0.4, 0.5) is 16.2 Å². The molecule has 0 bridgehead atoms. The highest BCUT2D eigenvalue weighted by atomic mass is 16.6. The van der Waals surface area contributed by atoms with Crippen LogP contribution in [-0.4, -0.2) is 30.9 Å². The molecule has 0 spiro atoms. The summed E-state index contributed by atoms with van der Waals surface area (Å²) in [7, 11) is 0. The molecule has 2 aromatic carbocycles. The molecule has 1 aliphatic rings. The van der Waals surface area contributed by atoms with Crippen molar-refractivity contribution in [3.63, 3.8) is 0 Å². The van der Waals surface area contributed by atoms with Crippen molar-refractivity contribution in [3.8, 4) is 0 Å². The van der Waals surface area contributed by atoms with Gasteiger partial charge in [-0.15, -0.1) is 0 Å². The summed E-state index contributed by atoms with van der Waals surface area (Å²) in [5.74, 6) is 0. The molecule has 0 radical (unpaired) electrons. The van der Waals surface area contributed by atoms with E-state index >= 15 is 0 Å². The first-order valence-corrected chi connectivity index (χ1v) is 9.85. The van der Waals surface area contributed by atoms with Gasteiger partial charge in [0.2, 0.25) is 0 Å². The molecule has 28 heavy (non-hydrogen) atoms. The first-order valence-electron chi connectivity index (χ1n) is 9.85. The number of hydrogen-bond donors (Lipinski definition) is 1. The molecule has 1 heterocycles. The minimum atomic E-state index is -0.504. The first-order chi connectivity index (χ1) is 13.3. The number of ether oxygens (including phenoxy) is 2. The smallest absolute Gasteiger partial charge is 0.407 e. The maximum Gasteiger partial charge on any atom is 0.407 e. The number of rotatable bonds is 3. The van der Waals surface area contributed by atoms with E-state index in [9.17, 15) is 4.79 Å². The molecule has 0 aliphatic carbocycles. The molecule has 1 amide bonds. The van der Waals surface area contributed by atoms with Crippen LogP contribution in [0.5, 0.6) is 0 Å². The van der Waals surface area contributed by atoms with Gasteiger partial charge in [0.25, 0.3) is 0 Å². The van der Waals surface area contributed by atoms with Crippen LogP contribution in [0.15, 0.2) is 48.5 Å². The van der Waals surface area contributed by atoms with E-state index in [4.69, 9.17) is 9.47 Å². The predicted octanol–water partition coefficient (Wildman–Crippen LogP) is 4.81. The number of nitrogens with one attached hydrogen (secondary N) is 1. The number of carbonyl (C=O) groups excluding carboxylic acids is 1. The van der Waals surface area contributed by atoms with Crippen molar-refractivity contribution < 1.29 is 14.3 Å². The summed E-state index contributed by atoms with van der Waals surface area (Å²) < 4.78 is 11.3. The van der Waals surface area contributed by atoms with Crippen molar-refractivity contribution in [2.24, 2.45) is 0 Å². The molecule has 5 nitrogen and oxygen atoms in total. The van der Waals surface area contributed by atoms with Crippen LogP contribution in [-0.2, 0) is 22.4 Å². The van der Waals surface area contributed by atoms with Gasteiger partial charge in [-0.25, -0.2) is 4.79 Å². The quantitative estimate of drug-likeness (QED) is 0.828. The topological polar surface area (TPSA) is 50.8 Å². The molecule has 1 atom stereocenters. The van der Waals surface area contributed by atoms with Crippen LogP contribution >= 0.6 is 0 Å². The van der Waals surface area contributed by atoms with Crippen LogP contribution < -0.4 is 10.2 Å². The summed E-state index contributed by atoms with van der Waals surface area (Å²) in [6.45, 7) is 9.58. The molecule has 1 aliphatic heterocycles. The van der Waals surface area contributed by atoms with Crippen molar-refractivity contribution >= 4 is 17.5 Å². The molecule has 2 aromatic rings. The maximum absolute atomic E-state index is 12.0. The molecule has 0 aromatic heterocycles. The molecular formula is C23H30N2O3. The number of benzene rings is 2. The van der Waals surface area contributed by atoms with Gasteiger partial charge in [-0.05, 0) is 57.0 Å². The Balaban J connectivity index is 1.84. The predicted molar refractivity (Wildman–Crippen MR) is 112 cm³/mol. The van der Waals surface area contributed by atoms with Gasteiger partial charge >= 0.3 is 6.09 Å². The summed E-state index contributed by atoms with van der Waals surface area (Å²) in [6, 6.07) is 16.7. The van der Waals surface area contributed by atoms with Gasteiger partial charge in [0.1, 0.15) is 5.60 Å². The summed E-state index contributed by atoms with van der Waals surface area (Å²) in [6.07, 6.45) is 0.641. The third-order valence-corrected chi connectivity index (χ3v) is 4.57. The fraction of sp³-hybridized carbons (Fsp3) is 0.435. The van der Waals surface area contributed by atoms with Crippen molar-refractivity contribution in [1.82, 2.24) is 5.32 Å². The Hall–Kier alpha value is -2.53. The van der Waals surface area contributed by atoms with Gasteiger partial charge in [-0.1, -0.05) is 30.3 Å². The average molecular weight is 383 g/mol. The van der Waals surface area contributed by atoms with Gasteiger partial charge < -0.3 is 19.7 Å². The minimum absolute atomic E-state index is 0.183. The lowest BCUT2D eigenvalue weighted by molar-refractivity contribution is 0.0523. The molecule has 3 rings (SSSR count). The van der Waals surface area contributed by atoms with Gasteiger partial charge in [0.05, 0.1) is 12.7 Å². The first kappa shape index (κ1) is 20.2. The number of carbonyl (C=O) groups is 1. The normalized spacial score (nSPS) is 17.3. The Kier molecular flexibility index (Phi) is 6.25. The molecule has 0 saturated carbocycles. The highest BCUT2D eigenvalue weighted by molar-refractivity contribution is 5.69. The zero-order valence-corrected chi connectivity index (χ0v) is 17.2. The highest BCUT2D eigenvalue weighted by Gasteiger charge is 2.20. The Morgan fingerprint density at radius 1 is 1.21 bits per heavy atom. The second kappa shape index (κ2) is 8.65. The maximum atomic E-state index is 12.0. The summed E-state index contributed by atoms with van der Waals surface area (Å²) in [5, 5.41) is 2.85. The molecule has 0 fully saturated rings. The minimum Gasteiger partial charge on any atom is -0.444 e. The number of para-hydroxylation sites is 1. The van der Waals surface area contributed by atoms with E-state index in [1.165, 1.54) is 11.3 Å². The van der Waals surface area contributed by atoms with E-state index in [1.807, 2.05) is 39.0 Å². The third kappa shape index (κ3) is 5.49. The summed E-state index contributed by atoms with van der Waals surface area (Å²) in [5.41, 5.74) is 4.09. The summed E-state index contributed by atoms with van der Waals surface area (Å²) >= 11 is 0. The molecule has 1 N–H and O–H groups in total. The Bertz CT molecular complexity index is 799. The third-order valence-electron chi connectivity index (χ3n) is 4.57. The van der Waals surface area contributed by atoms with E-state index in [0.717, 1.165) is 24.2 Å². The SMILES string of the molecule is CC1Cc2ccc(CNC(=O)OC(C)(C)C)cc2N(c2ccccc2)CCO1. The second-order valence-electron chi connectivity index (χ2n) is 8.19. The fourth-order valence-corrected chi connectivity index (χ4v) is 3.34. The Morgan fingerprint density at radius 3 is 2.68 bits per heavy atom. The van der Waals surface area contributed by atoms with Crippen molar-refractivity contribution in [1.29, 1.82) is 0 Å². The number of anilines is 2. The van der Waals surface area contributed by atoms with E-state index < -0.39 is 11.7 Å². The van der Waals surface area contributed by atoms with Crippen molar-refractivity contribution in [3.05, 3.63) is 59.7 Å². The van der Waals surface area contributed by atoms with E-state index in [1.54, 1.807) is 0 Å². The zero-order chi connectivity index (χ0) is 20.1. The van der Waals surface area contributed by atoms with E-state index in [0.29, 0.717) is 13.2 Å². The van der Waals surface area contributed by atoms with Crippen LogP contribution in [0.25, 0.3) is 0 Å². The van der Waals surface area contributed by atoms with Crippen LogP contribution in [0.3, 0.4) is 0 Å². The van der Waals surface area contributed by atoms with E-state index in [-0.39, 0.29) is 6.10 Å². The highest BCUT2D eigenvalue weighted by Crippen LogP contribution is 2.32. The lowest BCUT2D eigenvalue weighted by Gasteiger charge is -2.31. The van der Waals surface area contributed by atoms with Gasteiger partial charge in [-0.2, -0.15) is 0 Å². The monoisotopic (exact) mass is 382 g/mol. The van der Waals surface area contributed by atoms with E-state index in [2.05, 4.69) is 47.5 Å². The van der Waals surface area contributed by atoms with Crippen LogP contribution in [0.1, 0.15) is 38.8 Å². The number of alkyl carbamates (subject to hydrolysis) is 1. The number of fused-ring (bicyclic) bond motifs is 1. The number of nitrogens with zero attached hydrogens (tertiary/aromatic N) is 1. The average Bonchev–Trinajstić information content (AvgIpc) is 2.62. The molecule has 5 heteroatoms. The van der Waals surface area contributed by atoms with Gasteiger partial charge in [0, 0.05) is 30.9 Å². The second-order valence-corrected chi connectivity index (χ2v) is 8.19. The standard InChI is InChI=1S/C23H30N2O3/c1-17-14-19-11-10-18(16-24-22(26)28-23(2,3)4)15-21(19)25(12-13-27-17)20-8-6-5-7-9-20/h5-11,15,17H,12-14,16H2,1-4H3,(H,24,26). The molecule has 150 valence electrons. The lowest BCUT2D eigenvalue weighted by Crippen LogP contribution is -2.32. The van der Waals surface area contributed by atoms with Crippen molar-refractivity contribution in [2.45, 2.75) is 52.4 Å². The van der Waals surface area contributed by atoms with Crippen LogP contribution in [0, 0.1) is 0 Å². The Morgan fingerprint density at radius 2 is 1.96 bits per heavy atom. The fourth-order valence-electron chi connectivity index (χ4n) is 3.34. The molecule has 0 saturated heterocycles. The summed E-state index contributed by atoms with van der Waals surface area (Å²) in [4.78, 5) is 14.3. The lowest BCUT2D eigenvalue weighted by atomic mass is 10.0.